The second-order valence-electron chi connectivity index (χ2n) is 18.8. The number of phosphoric acid groups is 2. The largest absolute Gasteiger partial charge is 0.472 e. The van der Waals surface area contributed by atoms with E-state index < -0.39 is 132 Å². The van der Waals surface area contributed by atoms with E-state index in [1.165, 1.54) is 19.3 Å². The lowest BCUT2D eigenvalue weighted by Crippen LogP contribution is -2.56. The highest BCUT2D eigenvalue weighted by Crippen LogP contribution is 2.50. The molecule has 22 heteroatoms. The number of hydrogen-bond acceptors (Lipinski definition) is 17. The number of carbonyl (C=O) groups excluding carboxylic acids is 3. The van der Waals surface area contributed by atoms with Crippen LogP contribution in [0.25, 0.3) is 0 Å². The standard InChI is InChI=1S/C49H86O20P2/c1-3-5-7-8-9-10-11-12-13-14-15-16-17-18-19-20-22-28-43(55)67-37-33-65-42(54)27-24-23-26-36(51)31-39-41(53)32-40(52)38(30-29-35(50)25-21-6-4-2)45(57)48(68-70(60,61)62)49(47(59)46(58)44(39)56)69-71(63,64)66-34-37/h9-10,12-13,29-30,35,37-41,44-50,52-53,56-59H,3-8,11,14-28,31-34H2,1-2H3,(H,63,64)(H2,60,61,62)/b10-9-,13-12-,30-29+/t35-,37+,38-,39-,40+,41-,44+,45+,46-,47+,48+,49-/m0/s1. The van der Waals surface area contributed by atoms with Gasteiger partial charge in [-0.25, -0.2) is 9.13 Å². The summed E-state index contributed by atoms with van der Waals surface area (Å²) in [5.74, 6) is -5.60. The van der Waals surface area contributed by atoms with Gasteiger partial charge in [-0.1, -0.05) is 115 Å². The third-order valence-electron chi connectivity index (χ3n) is 12.7. The van der Waals surface area contributed by atoms with Gasteiger partial charge in [-0.2, -0.15) is 0 Å². The Bertz CT molecular complexity index is 1690. The van der Waals surface area contributed by atoms with E-state index in [9.17, 15) is 73.9 Å². The average Bonchev–Trinajstić information content (AvgIpc) is 3.31. The van der Waals surface area contributed by atoms with Crippen molar-refractivity contribution in [1.82, 2.24) is 0 Å². The smallest absolute Gasteiger partial charge is 0.462 e. The Morgan fingerprint density at radius 3 is 2.03 bits per heavy atom. The van der Waals surface area contributed by atoms with Crippen molar-refractivity contribution in [3.8, 4) is 0 Å². The number of cyclic esters (lactones) is 1. The fourth-order valence-corrected chi connectivity index (χ4v) is 10.1. The van der Waals surface area contributed by atoms with Crippen LogP contribution in [0, 0.1) is 11.8 Å². The van der Waals surface area contributed by atoms with Crippen molar-refractivity contribution >= 4 is 33.4 Å². The van der Waals surface area contributed by atoms with Crippen LogP contribution in [0.3, 0.4) is 0 Å². The minimum absolute atomic E-state index is 0.0652. The van der Waals surface area contributed by atoms with Crippen LogP contribution in [-0.4, -0.2) is 142 Å². The monoisotopic (exact) mass is 1060 g/mol. The number of hydrogen-bond donors (Lipinski definition) is 10. The molecule has 1 heterocycles. The van der Waals surface area contributed by atoms with Gasteiger partial charge in [0.1, 0.15) is 36.8 Å². The van der Waals surface area contributed by atoms with Crippen molar-refractivity contribution in [2.45, 2.75) is 229 Å². The Labute approximate surface area is 419 Å². The van der Waals surface area contributed by atoms with Crippen LogP contribution in [-0.2, 0) is 46.6 Å². The minimum atomic E-state index is -5.81. The predicted molar refractivity (Wildman–Crippen MR) is 262 cm³/mol. The number of ether oxygens (including phenoxy) is 2. The highest BCUT2D eigenvalue weighted by atomic mass is 31.2. The molecule has 13 atom stereocenters. The zero-order chi connectivity index (χ0) is 52.8. The number of fused-ring (bicyclic) bond motifs is 4. The second-order valence-corrected chi connectivity index (χ2v) is 21.4. The fraction of sp³-hybridized carbons (Fsp3) is 0.816. The fourth-order valence-electron chi connectivity index (χ4n) is 8.52. The molecule has 1 saturated heterocycles. The Balaban J connectivity index is 2.32. The van der Waals surface area contributed by atoms with E-state index in [0.717, 1.165) is 76.4 Å². The zero-order valence-electron chi connectivity index (χ0n) is 41.7. The summed E-state index contributed by atoms with van der Waals surface area (Å²) < 4.78 is 52.2. The summed E-state index contributed by atoms with van der Waals surface area (Å²) in [5, 5.41) is 79.9. The Morgan fingerprint density at radius 1 is 0.775 bits per heavy atom. The van der Waals surface area contributed by atoms with Crippen molar-refractivity contribution in [2.75, 3.05) is 13.2 Å². The van der Waals surface area contributed by atoms with Crippen LogP contribution in [0.4, 0.5) is 0 Å². The number of aliphatic hydroxyl groups excluding tert-OH is 7. The minimum Gasteiger partial charge on any atom is -0.462 e. The highest BCUT2D eigenvalue weighted by Gasteiger charge is 2.52. The molecule has 2 rings (SSSR count). The van der Waals surface area contributed by atoms with E-state index in [1.807, 2.05) is 6.92 Å². The number of Topliss-reactive ketones (excluding diaryl/α,β-unsaturated/α-hetero) is 1. The lowest BCUT2D eigenvalue weighted by Gasteiger charge is -2.38. The molecule has 2 bridgehead atoms. The first-order valence-corrected chi connectivity index (χ1v) is 28.7. The van der Waals surface area contributed by atoms with E-state index in [4.69, 9.17) is 23.0 Å². The normalized spacial score (nSPS) is 31.1. The molecule has 71 heavy (non-hydrogen) atoms. The molecule has 1 aliphatic carbocycles. The van der Waals surface area contributed by atoms with Crippen molar-refractivity contribution in [3.05, 3.63) is 36.5 Å². The van der Waals surface area contributed by atoms with E-state index in [-0.39, 0.29) is 38.5 Å². The summed E-state index contributed by atoms with van der Waals surface area (Å²) in [6, 6.07) is 0. The maximum Gasteiger partial charge on any atom is 0.472 e. The molecular weight excluding hydrogens is 970 g/mol. The Morgan fingerprint density at radius 2 is 1.38 bits per heavy atom. The van der Waals surface area contributed by atoms with Gasteiger partial charge in [0, 0.05) is 43.9 Å². The number of esters is 2. The van der Waals surface area contributed by atoms with Crippen molar-refractivity contribution < 1.29 is 97.0 Å². The van der Waals surface area contributed by atoms with Gasteiger partial charge in [-0.15, -0.1) is 0 Å². The molecule has 2 aliphatic rings. The van der Waals surface area contributed by atoms with Gasteiger partial charge in [0.05, 0.1) is 37.1 Å². The summed E-state index contributed by atoms with van der Waals surface area (Å²) in [6.07, 6.45) is 2.66. The predicted octanol–water partition coefficient (Wildman–Crippen LogP) is 5.85. The molecule has 0 radical (unpaired) electrons. The van der Waals surface area contributed by atoms with Crippen molar-refractivity contribution in [3.63, 3.8) is 0 Å². The topological polar surface area (TPSA) is 334 Å². The first kappa shape index (κ1) is 64.9. The highest BCUT2D eigenvalue weighted by molar-refractivity contribution is 7.47. The molecular formula is C49H86O20P2. The summed E-state index contributed by atoms with van der Waals surface area (Å²) in [7, 11) is -11.6. The molecule has 10 N–H and O–H groups in total. The van der Waals surface area contributed by atoms with E-state index in [2.05, 4.69) is 31.2 Å². The van der Waals surface area contributed by atoms with Gasteiger partial charge in [-0.3, -0.25) is 28.0 Å². The van der Waals surface area contributed by atoms with Crippen LogP contribution in [0.15, 0.2) is 36.5 Å². The molecule has 0 aromatic carbocycles. The zero-order valence-corrected chi connectivity index (χ0v) is 43.5. The first-order valence-electron chi connectivity index (χ1n) is 25.7. The summed E-state index contributed by atoms with van der Waals surface area (Å²) in [6.45, 7) is 2.44. The SMILES string of the molecule is CCCCC/C=C\C/C=C\CCCCCCCCCC(=O)O[C@@H]1COC(=O)CCCCC(=O)C[C@@H]2[C@@H](O)[C@H](O)[C@@H](O)[C@H](OP(=O)(O)OC1)[C@H](OP(=O)(O)O)[C@H](O)[C@@H](/C=C/[C@@H](O)CCCCC)[C@H](O)C[C@@H]2O. The second kappa shape index (κ2) is 35.9. The summed E-state index contributed by atoms with van der Waals surface area (Å²) in [4.78, 5) is 70.1. The van der Waals surface area contributed by atoms with Crippen LogP contribution in [0.1, 0.15) is 168 Å². The summed E-state index contributed by atoms with van der Waals surface area (Å²) in [5.41, 5.74) is 0. The van der Waals surface area contributed by atoms with Gasteiger partial charge in [0.25, 0.3) is 0 Å². The third kappa shape index (κ3) is 27.8. The van der Waals surface area contributed by atoms with Crippen molar-refractivity contribution in [2.24, 2.45) is 11.8 Å². The molecule has 0 spiro atoms. The molecule has 2 fully saturated rings. The molecule has 0 amide bonds. The maximum absolute atomic E-state index is 13.8. The lowest BCUT2D eigenvalue weighted by atomic mass is 9.82. The lowest BCUT2D eigenvalue weighted by molar-refractivity contribution is -0.166. The molecule has 1 aliphatic heterocycles. The van der Waals surface area contributed by atoms with Crippen LogP contribution in [0.2, 0.25) is 0 Å². The number of carbonyl (C=O) groups is 3. The van der Waals surface area contributed by atoms with Gasteiger partial charge >= 0.3 is 27.6 Å². The van der Waals surface area contributed by atoms with Gasteiger partial charge in [0.15, 0.2) is 6.10 Å². The van der Waals surface area contributed by atoms with Gasteiger partial charge < -0.3 is 59.9 Å². The average molecular weight is 1060 g/mol. The molecule has 1 unspecified atom stereocenters. The van der Waals surface area contributed by atoms with Gasteiger partial charge in [-0.05, 0) is 57.8 Å². The number of rotatable bonds is 25. The van der Waals surface area contributed by atoms with E-state index in [1.54, 1.807) is 0 Å². The number of phosphoric ester groups is 2. The molecule has 20 nitrogen and oxygen atoms in total. The number of ketones is 1. The van der Waals surface area contributed by atoms with E-state index in [0.29, 0.717) is 19.3 Å². The van der Waals surface area contributed by atoms with Gasteiger partial charge in [0.2, 0.25) is 0 Å². The molecule has 0 aromatic heterocycles. The Hall–Kier alpha value is -2.23. The molecule has 412 valence electrons. The summed E-state index contributed by atoms with van der Waals surface area (Å²) >= 11 is 0. The van der Waals surface area contributed by atoms with Crippen LogP contribution in [0.5, 0.6) is 0 Å². The van der Waals surface area contributed by atoms with Crippen LogP contribution >= 0.6 is 15.6 Å². The maximum atomic E-state index is 13.8. The third-order valence-corrected chi connectivity index (χ3v) is 14.2. The number of unbranched alkanes of at least 4 members (excludes halogenated alkanes) is 12. The number of allylic oxidation sites excluding steroid dienone is 4. The molecule has 0 aromatic rings. The van der Waals surface area contributed by atoms with Crippen LogP contribution < -0.4 is 0 Å². The molecule has 1 saturated carbocycles. The number of aliphatic hydroxyl groups is 7. The van der Waals surface area contributed by atoms with Crippen molar-refractivity contribution in [1.29, 1.82) is 0 Å². The quantitative estimate of drug-likeness (QED) is 0.0222. The van der Waals surface area contributed by atoms with E-state index >= 15 is 0 Å². The Kier molecular flexibility index (Phi) is 32.8. The first-order chi connectivity index (χ1) is 33.7.